The summed E-state index contributed by atoms with van der Waals surface area (Å²) in [5, 5.41) is 13.9. The van der Waals surface area contributed by atoms with Crippen molar-refractivity contribution in [1.82, 2.24) is 0 Å². The lowest BCUT2D eigenvalue weighted by Gasteiger charge is -2.60. The molecule has 1 heterocycles. The van der Waals surface area contributed by atoms with Gasteiger partial charge in [0.2, 0.25) is 11.8 Å². The van der Waals surface area contributed by atoms with E-state index in [0.29, 0.717) is 24.7 Å². The first-order valence-electron chi connectivity index (χ1n) is 10.3. The normalized spacial score (nSPS) is 37.1. The summed E-state index contributed by atoms with van der Waals surface area (Å²) in [5.74, 6) is 1.37. The fraction of sp³-hybridized carbons (Fsp3) is 0.636. The number of carbonyl (C=O) groups excluding carboxylic acids is 2. The Morgan fingerprint density at radius 2 is 2.00 bits per heavy atom. The smallest absolute Gasteiger partial charge is 0.227 e. The molecule has 4 atom stereocenters. The van der Waals surface area contributed by atoms with Crippen LogP contribution in [-0.4, -0.2) is 29.1 Å². The van der Waals surface area contributed by atoms with Crippen LogP contribution in [0.1, 0.15) is 57.8 Å². The summed E-state index contributed by atoms with van der Waals surface area (Å²) >= 11 is 0. The van der Waals surface area contributed by atoms with E-state index >= 15 is 0 Å². The summed E-state index contributed by atoms with van der Waals surface area (Å²) in [6.07, 6.45) is 8.03. The van der Waals surface area contributed by atoms with Crippen LogP contribution in [0.15, 0.2) is 24.3 Å². The maximum absolute atomic E-state index is 12.8. The molecule has 1 aliphatic heterocycles. The Labute approximate surface area is 160 Å². The van der Waals surface area contributed by atoms with Crippen LogP contribution in [0.25, 0.3) is 0 Å². The molecule has 2 amide bonds. The Bertz CT molecular complexity index is 776. The fourth-order valence-corrected chi connectivity index (χ4v) is 6.83. The molecule has 0 radical (unpaired) electrons. The van der Waals surface area contributed by atoms with Crippen molar-refractivity contribution in [2.24, 2.45) is 17.3 Å². The number of nitrogens with zero attached hydrogens (tertiary/aromatic N) is 1. The van der Waals surface area contributed by atoms with Crippen LogP contribution in [-0.2, 0) is 9.59 Å². The van der Waals surface area contributed by atoms with E-state index in [4.69, 9.17) is 0 Å². The van der Waals surface area contributed by atoms with Crippen LogP contribution < -0.4 is 10.2 Å². The summed E-state index contributed by atoms with van der Waals surface area (Å²) in [5.41, 5.74) is 1.06. The molecule has 5 heteroatoms. The lowest BCUT2D eigenvalue weighted by Crippen LogP contribution is -2.56. The monoisotopic (exact) mass is 368 g/mol. The summed E-state index contributed by atoms with van der Waals surface area (Å²) < 4.78 is 0. The van der Waals surface area contributed by atoms with E-state index in [2.05, 4.69) is 5.32 Å². The standard InChI is InChI=1S/C22H28N2O3/c25-19(13-21-9-15-7-16(10-21)12-22(27,11-15)14-21)23-17-3-1-4-18(8-17)24-6-2-5-20(24)26/h1,3-4,8,15-16,27H,2,5-7,9-14H2,(H,23,25)/t15-,16+,21?,22?. The van der Waals surface area contributed by atoms with Crippen molar-refractivity contribution < 1.29 is 14.7 Å². The highest BCUT2D eigenvalue weighted by atomic mass is 16.3. The second-order valence-electron chi connectivity index (χ2n) is 9.61. The van der Waals surface area contributed by atoms with Gasteiger partial charge in [0.15, 0.2) is 0 Å². The number of benzene rings is 1. The van der Waals surface area contributed by atoms with Crippen molar-refractivity contribution in [3.05, 3.63) is 24.3 Å². The molecule has 5 aliphatic rings. The third kappa shape index (κ3) is 3.16. The Morgan fingerprint density at radius 1 is 1.22 bits per heavy atom. The summed E-state index contributed by atoms with van der Waals surface area (Å²) in [6, 6.07) is 7.60. The molecule has 5 fully saturated rings. The second kappa shape index (κ2) is 6.06. The molecule has 4 aliphatic carbocycles. The van der Waals surface area contributed by atoms with Gasteiger partial charge in [-0.05, 0) is 80.4 Å². The molecule has 144 valence electrons. The van der Waals surface area contributed by atoms with Gasteiger partial charge in [-0.2, -0.15) is 0 Å². The first-order chi connectivity index (χ1) is 12.9. The number of hydrogen-bond acceptors (Lipinski definition) is 3. The number of hydrogen-bond donors (Lipinski definition) is 2. The van der Waals surface area contributed by atoms with Crippen LogP contribution in [0.5, 0.6) is 0 Å². The zero-order valence-electron chi connectivity index (χ0n) is 15.7. The van der Waals surface area contributed by atoms with Gasteiger partial charge in [0.1, 0.15) is 0 Å². The maximum Gasteiger partial charge on any atom is 0.227 e. The molecule has 4 saturated carbocycles. The van der Waals surface area contributed by atoms with Gasteiger partial charge < -0.3 is 15.3 Å². The molecular formula is C22H28N2O3. The number of rotatable bonds is 4. The van der Waals surface area contributed by atoms with Crippen LogP contribution >= 0.6 is 0 Å². The van der Waals surface area contributed by atoms with Gasteiger partial charge in [0, 0.05) is 30.8 Å². The van der Waals surface area contributed by atoms with E-state index in [1.54, 1.807) is 4.90 Å². The molecule has 0 aromatic heterocycles. The second-order valence-corrected chi connectivity index (χ2v) is 9.61. The predicted octanol–water partition coefficient (Wildman–Crippen LogP) is 3.47. The lowest BCUT2D eigenvalue weighted by molar-refractivity contribution is -0.167. The molecule has 1 aromatic carbocycles. The lowest BCUT2D eigenvalue weighted by atomic mass is 9.47. The number of carbonyl (C=O) groups is 2. The SMILES string of the molecule is O=C(CC12C[C@@H]3C[C@@H](CC(O)(C3)C1)C2)Nc1cccc(N2CCCC2=O)c1. The predicted molar refractivity (Wildman–Crippen MR) is 103 cm³/mol. The van der Waals surface area contributed by atoms with Gasteiger partial charge in [-0.3, -0.25) is 9.59 Å². The Kier molecular flexibility index (Phi) is 3.87. The van der Waals surface area contributed by atoms with Gasteiger partial charge in [0.05, 0.1) is 5.60 Å². The molecule has 2 N–H and O–H groups in total. The first kappa shape index (κ1) is 17.2. The topological polar surface area (TPSA) is 69.6 Å². The molecule has 4 bridgehead atoms. The molecule has 27 heavy (non-hydrogen) atoms. The van der Waals surface area contributed by atoms with E-state index in [0.717, 1.165) is 56.4 Å². The third-order valence-electron chi connectivity index (χ3n) is 7.20. The Hall–Kier alpha value is -1.88. The minimum atomic E-state index is -0.527. The van der Waals surface area contributed by atoms with E-state index in [1.807, 2.05) is 24.3 Å². The summed E-state index contributed by atoms with van der Waals surface area (Å²) in [6.45, 7) is 0.751. The molecule has 1 aromatic rings. The van der Waals surface area contributed by atoms with E-state index in [-0.39, 0.29) is 17.2 Å². The van der Waals surface area contributed by atoms with Crippen molar-refractivity contribution in [2.75, 3.05) is 16.8 Å². The largest absolute Gasteiger partial charge is 0.390 e. The third-order valence-corrected chi connectivity index (χ3v) is 7.20. The summed E-state index contributed by atoms with van der Waals surface area (Å²) in [7, 11) is 0. The zero-order chi connectivity index (χ0) is 18.6. The highest BCUT2D eigenvalue weighted by Gasteiger charge is 2.57. The quantitative estimate of drug-likeness (QED) is 0.855. The van der Waals surface area contributed by atoms with Crippen molar-refractivity contribution in [1.29, 1.82) is 0 Å². The molecular weight excluding hydrogens is 340 g/mol. The molecule has 1 saturated heterocycles. The van der Waals surface area contributed by atoms with E-state index in [9.17, 15) is 14.7 Å². The number of nitrogens with one attached hydrogen (secondary N) is 1. The molecule has 0 spiro atoms. The average Bonchev–Trinajstić information content (AvgIpc) is 2.98. The Balaban J connectivity index is 1.28. The van der Waals surface area contributed by atoms with E-state index in [1.165, 1.54) is 6.42 Å². The van der Waals surface area contributed by atoms with Crippen LogP contribution in [0.3, 0.4) is 0 Å². The molecule has 6 rings (SSSR count). The first-order valence-corrected chi connectivity index (χ1v) is 10.3. The van der Waals surface area contributed by atoms with Gasteiger partial charge in [0.25, 0.3) is 0 Å². The van der Waals surface area contributed by atoms with Crippen molar-refractivity contribution in [3.63, 3.8) is 0 Å². The fourth-order valence-electron chi connectivity index (χ4n) is 6.83. The van der Waals surface area contributed by atoms with Crippen LogP contribution in [0.4, 0.5) is 11.4 Å². The van der Waals surface area contributed by atoms with Crippen molar-refractivity contribution >= 4 is 23.2 Å². The van der Waals surface area contributed by atoms with Gasteiger partial charge in [-0.15, -0.1) is 0 Å². The Morgan fingerprint density at radius 3 is 2.67 bits per heavy atom. The highest BCUT2D eigenvalue weighted by Crippen LogP contribution is 2.62. The number of amides is 2. The molecule has 5 nitrogen and oxygen atoms in total. The zero-order valence-corrected chi connectivity index (χ0v) is 15.7. The van der Waals surface area contributed by atoms with Crippen molar-refractivity contribution in [2.45, 2.75) is 63.4 Å². The number of aliphatic hydroxyl groups is 1. The van der Waals surface area contributed by atoms with Gasteiger partial charge in [-0.25, -0.2) is 0 Å². The minimum absolute atomic E-state index is 0.0224. The summed E-state index contributed by atoms with van der Waals surface area (Å²) in [4.78, 5) is 26.6. The van der Waals surface area contributed by atoms with Gasteiger partial charge >= 0.3 is 0 Å². The maximum atomic E-state index is 12.8. The van der Waals surface area contributed by atoms with Crippen LogP contribution in [0.2, 0.25) is 0 Å². The average molecular weight is 368 g/mol. The van der Waals surface area contributed by atoms with Crippen LogP contribution in [0, 0.1) is 17.3 Å². The van der Waals surface area contributed by atoms with Gasteiger partial charge in [-0.1, -0.05) is 6.07 Å². The highest BCUT2D eigenvalue weighted by molar-refractivity contribution is 5.97. The molecule has 2 unspecified atom stereocenters. The minimum Gasteiger partial charge on any atom is -0.390 e. The van der Waals surface area contributed by atoms with Crippen molar-refractivity contribution in [3.8, 4) is 0 Å². The van der Waals surface area contributed by atoms with E-state index < -0.39 is 5.60 Å². The number of anilines is 2.